The third-order valence-corrected chi connectivity index (χ3v) is 1.87. The minimum atomic E-state index is -0.487. The van der Waals surface area contributed by atoms with Gasteiger partial charge in [-0.1, -0.05) is 19.8 Å². The van der Waals surface area contributed by atoms with Crippen LogP contribution in [0, 0.1) is 5.92 Å². The minimum Gasteiger partial charge on any atom is -0.247 e. The Morgan fingerprint density at radius 3 is 2.50 bits per heavy atom. The van der Waals surface area contributed by atoms with Gasteiger partial charge < -0.3 is 0 Å². The van der Waals surface area contributed by atoms with Crippen LogP contribution in [0.3, 0.4) is 0 Å². The van der Waals surface area contributed by atoms with Gasteiger partial charge in [-0.3, -0.25) is 0 Å². The lowest BCUT2D eigenvalue weighted by Gasteiger charge is -2.20. The Bertz CT molecular complexity index is 62.8. The summed E-state index contributed by atoms with van der Waals surface area (Å²) in [6.45, 7) is 2.13. The van der Waals surface area contributed by atoms with Gasteiger partial charge in [0.1, 0.15) is 6.17 Å². The van der Waals surface area contributed by atoms with Crippen LogP contribution in [-0.4, -0.2) is 6.17 Å². The zero-order chi connectivity index (χ0) is 5.98. The van der Waals surface area contributed by atoms with Crippen molar-refractivity contribution in [2.75, 3.05) is 0 Å². The van der Waals surface area contributed by atoms with Gasteiger partial charge in [-0.15, -0.1) is 0 Å². The number of rotatable bonds is 0. The van der Waals surface area contributed by atoms with Gasteiger partial charge in [-0.2, -0.15) is 0 Å². The van der Waals surface area contributed by atoms with Crippen molar-refractivity contribution in [3.63, 3.8) is 0 Å². The van der Waals surface area contributed by atoms with Crippen LogP contribution in [0.15, 0.2) is 0 Å². The largest absolute Gasteiger partial charge is 0.247 e. The Hall–Kier alpha value is -0.0700. The first-order valence-electron chi connectivity index (χ1n) is 3.43. The maximum atomic E-state index is 12.4. The van der Waals surface area contributed by atoms with Crippen LogP contribution in [0.2, 0.25) is 0 Å². The van der Waals surface area contributed by atoms with Gasteiger partial charge in [-0.25, -0.2) is 4.39 Å². The zero-order valence-electron chi connectivity index (χ0n) is 5.36. The fraction of sp³-hybridized carbons (Fsp3) is 1.00. The third kappa shape index (κ3) is 1.46. The Kier molecular flexibility index (Phi) is 1.87. The highest BCUT2D eigenvalue weighted by Crippen LogP contribution is 2.25. The van der Waals surface area contributed by atoms with Gasteiger partial charge in [-0.05, 0) is 18.8 Å². The van der Waals surface area contributed by atoms with Gasteiger partial charge in [0.2, 0.25) is 0 Å². The molecule has 48 valence electrons. The molecule has 0 aromatic heterocycles. The summed E-state index contributed by atoms with van der Waals surface area (Å²) in [5, 5.41) is 0. The molecule has 1 aliphatic carbocycles. The Morgan fingerprint density at radius 1 is 1.38 bits per heavy atom. The predicted molar refractivity (Wildman–Crippen MR) is 32.5 cm³/mol. The smallest absolute Gasteiger partial charge is 0.100 e. The fourth-order valence-corrected chi connectivity index (χ4v) is 1.36. The number of hydrogen-bond donors (Lipinski definition) is 0. The van der Waals surface area contributed by atoms with Crippen LogP contribution in [0.5, 0.6) is 0 Å². The van der Waals surface area contributed by atoms with Crippen molar-refractivity contribution in [2.45, 2.75) is 38.8 Å². The molecule has 0 amide bonds. The molecule has 1 heteroatoms. The van der Waals surface area contributed by atoms with Crippen molar-refractivity contribution in [1.82, 2.24) is 0 Å². The van der Waals surface area contributed by atoms with Gasteiger partial charge in [0.15, 0.2) is 0 Å². The minimum absolute atomic E-state index is 0.487. The van der Waals surface area contributed by atoms with Gasteiger partial charge >= 0.3 is 0 Å². The van der Waals surface area contributed by atoms with Crippen LogP contribution >= 0.6 is 0 Å². The lowest BCUT2D eigenvalue weighted by Crippen LogP contribution is -2.12. The van der Waals surface area contributed by atoms with E-state index in [1.807, 2.05) is 0 Å². The van der Waals surface area contributed by atoms with Crippen LogP contribution in [-0.2, 0) is 0 Å². The summed E-state index contributed by atoms with van der Waals surface area (Å²) < 4.78 is 12.4. The summed E-state index contributed by atoms with van der Waals surface area (Å²) >= 11 is 0. The average Bonchev–Trinajstić information content (AvgIpc) is 1.64. The fourth-order valence-electron chi connectivity index (χ4n) is 1.36. The summed E-state index contributed by atoms with van der Waals surface area (Å²) in [5.74, 6) is 0.638. The van der Waals surface area contributed by atoms with Crippen LogP contribution < -0.4 is 0 Å². The molecule has 0 N–H and O–H groups in total. The van der Waals surface area contributed by atoms with Crippen LogP contribution in [0.1, 0.15) is 32.6 Å². The van der Waals surface area contributed by atoms with E-state index in [0.29, 0.717) is 5.92 Å². The SMILES string of the molecule is C[C@H]1CCC[C@@H](F)C1. The van der Waals surface area contributed by atoms with E-state index in [9.17, 15) is 4.39 Å². The molecule has 0 radical (unpaired) electrons. The van der Waals surface area contributed by atoms with E-state index >= 15 is 0 Å². The Balaban J connectivity index is 2.23. The molecule has 0 aliphatic heterocycles. The van der Waals surface area contributed by atoms with E-state index in [0.717, 1.165) is 19.3 Å². The summed E-state index contributed by atoms with van der Waals surface area (Å²) in [4.78, 5) is 0. The highest BCUT2D eigenvalue weighted by atomic mass is 19.1. The van der Waals surface area contributed by atoms with Gasteiger partial charge in [0.25, 0.3) is 0 Å². The lowest BCUT2D eigenvalue weighted by atomic mass is 9.90. The van der Waals surface area contributed by atoms with Crippen molar-refractivity contribution in [1.29, 1.82) is 0 Å². The summed E-state index contributed by atoms with van der Waals surface area (Å²) in [7, 11) is 0. The van der Waals surface area contributed by atoms with Gasteiger partial charge in [0.05, 0.1) is 0 Å². The molecule has 1 saturated carbocycles. The molecule has 8 heavy (non-hydrogen) atoms. The molecule has 0 spiro atoms. The highest BCUT2D eigenvalue weighted by molar-refractivity contribution is 4.68. The standard InChI is InChI=1S/C7H13F/c1-6-3-2-4-7(8)5-6/h6-7H,2-5H2,1H3/t6-,7+/m0/s1. The molecule has 0 unspecified atom stereocenters. The summed E-state index contributed by atoms with van der Waals surface area (Å²) in [6.07, 6.45) is 3.46. The molecule has 2 atom stereocenters. The third-order valence-electron chi connectivity index (χ3n) is 1.87. The molecule has 0 saturated heterocycles. The van der Waals surface area contributed by atoms with Crippen molar-refractivity contribution >= 4 is 0 Å². The second-order valence-electron chi connectivity index (χ2n) is 2.87. The second kappa shape index (κ2) is 2.47. The van der Waals surface area contributed by atoms with Crippen molar-refractivity contribution in [3.8, 4) is 0 Å². The average molecular weight is 116 g/mol. The number of hydrogen-bond acceptors (Lipinski definition) is 0. The van der Waals surface area contributed by atoms with Crippen molar-refractivity contribution in [2.24, 2.45) is 5.92 Å². The van der Waals surface area contributed by atoms with Crippen molar-refractivity contribution < 1.29 is 4.39 Å². The van der Waals surface area contributed by atoms with E-state index < -0.39 is 6.17 Å². The molecule has 0 heterocycles. The molecule has 1 aliphatic rings. The quantitative estimate of drug-likeness (QED) is 0.456. The van der Waals surface area contributed by atoms with E-state index in [4.69, 9.17) is 0 Å². The molecule has 0 nitrogen and oxygen atoms in total. The molecule has 0 aromatic rings. The van der Waals surface area contributed by atoms with Crippen molar-refractivity contribution in [3.05, 3.63) is 0 Å². The van der Waals surface area contributed by atoms with Gasteiger partial charge in [0, 0.05) is 0 Å². The highest BCUT2D eigenvalue weighted by Gasteiger charge is 2.16. The number of halogens is 1. The second-order valence-corrected chi connectivity index (χ2v) is 2.87. The van der Waals surface area contributed by atoms with E-state index in [-0.39, 0.29) is 0 Å². The molecular weight excluding hydrogens is 103 g/mol. The lowest BCUT2D eigenvalue weighted by molar-refractivity contribution is 0.208. The Labute approximate surface area is 50.1 Å². The molecular formula is C7H13F. The molecule has 1 rings (SSSR count). The summed E-state index contributed by atoms with van der Waals surface area (Å²) in [5.41, 5.74) is 0. The van der Waals surface area contributed by atoms with E-state index in [1.54, 1.807) is 0 Å². The van der Waals surface area contributed by atoms with Crippen LogP contribution in [0.25, 0.3) is 0 Å². The summed E-state index contributed by atoms with van der Waals surface area (Å²) in [6, 6.07) is 0. The monoisotopic (exact) mass is 116 g/mol. The van der Waals surface area contributed by atoms with E-state index in [1.165, 1.54) is 6.42 Å². The first-order valence-corrected chi connectivity index (χ1v) is 3.43. The maximum Gasteiger partial charge on any atom is 0.100 e. The maximum absolute atomic E-state index is 12.4. The topological polar surface area (TPSA) is 0 Å². The molecule has 1 fully saturated rings. The Morgan fingerprint density at radius 2 is 2.12 bits per heavy atom. The normalized spacial score (nSPS) is 39.8. The first kappa shape index (κ1) is 6.06. The predicted octanol–water partition coefficient (Wildman–Crippen LogP) is 2.53. The van der Waals surface area contributed by atoms with Crippen LogP contribution in [0.4, 0.5) is 4.39 Å². The molecule has 0 aromatic carbocycles. The molecule has 0 bridgehead atoms. The van der Waals surface area contributed by atoms with E-state index in [2.05, 4.69) is 6.92 Å². The number of alkyl halides is 1. The first-order chi connectivity index (χ1) is 3.79. The zero-order valence-corrected chi connectivity index (χ0v) is 5.36.